The van der Waals surface area contributed by atoms with E-state index in [1.807, 2.05) is 37.3 Å². The Labute approximate surface area is 235 Å². The molecule has 0 saturated carbocycles. The quantitative estimate of drug-likeness (QED) is 0.288. The lowest BCUT2D eigenvalue weighted by Crippen LogP contribution is -2.31. The molecule has 1 atom stereocenters. The smallest absolute Gasteiger partial charge is 0.254 e. The molecule has 3 N–H and O–H groups in total. The van der Waals surface area contributed by atoms with Crippen LogP contribution in [0.15, 0.2) is 94.7 Å². The maximum Gasteiger partial charge on any atom is 0.254 e. The molecule has 6 nitrogen and oxygen atoms in total. The molecule has 0 radical (unpaired) electrons. The summed E-state index contributed by atoms with van der Waals surface area (Å²) in [5.74, 6) is -1.26. The van der Waals surface area contributed by atoms with Gasteiger partial charge in [0.15, 0.2) is 0 Å². The van der Waals surface area contributed by atoms with E-state index in [1.165, 1.54) is 11.8 Å². The molecule has 38 heavy (non-hydrogen) atoms. The van der Waals surface area contributed by atoms with Crippen LogP contribution in [0.5, 0.6) is 0 Å². The number of anilines is 2. The van der Waals surface area contributed by atoms with Crippen LogP contribution >= 0.6 is 35.0 Å². The van der Waals surface area contributed by atoms with Crippen molar-refractivity contribution in [2.24, 2.45) is 0 Å². The maximum absolute atomic E-state index is 13.5. The number of halogens is 2. The molecule has 0 aromatic heterocycles. The van der Waals surface area contributed by atoms with Crippen molar-refractivity contribution in [2.45, 2.75) is 19.8 Å². The number of amides is 2. The summed E-state index contributed by atoms with van der Waals surface area (Å²) in [4.78, 5) is 26.2. The zero-order chi connectivity index (χ0) is 27.2. The number of thioether (sulfide) groups is 1. The number of hydrogen-bond acceptors (Lipinski definition) is 5. The van der Waals surface area contributed by atoms with Gasteiger partial charge in [0, 0.05) is 32.7 Å². The SMILES string of the molecule is CC1=C(C(=O)Nc2ccc(Cl)cc2)[C@H](c2ccccc2Cl)C(C#N)=C(SCC(=O)Nc2cccc(C)c2)N1. The number of allylic oxidation sites excluding steroid dienone is 2. The largest absolute Gasteiger partial charge is 0.353 e. The van der Waals surface area contributed by atoms with Crippen molar-refractivity contribution in [2.75, 3.05) is 16.4 Å². The molecule has 0 spiro atoms. The zero-order valence-electron chi connectivity index (χ0n) is 20.6. The fraction of sp³-hybridized carbons (Fsp3) is 0.138. The van der Waals surface area contributed by atoms with Gasteiger partial charge in [-0.2, -0.15) is 5.26 Å². The van der Waals surface area contributed by atoms with E-state index < -0.39 is 5.92 Å². The van der Waals surface area contributed by atoms with Crippen LogP contribution in [-0.2, 0) is 9.59 Å². The van der Waals surface area contributed by atoms with E-state index in [0.29, 0.717) is 48.9 Å². The molecule has 3 aromatic rings. The third-order valence-corrected chi connectivity index (χ3v) is 7.47. The number of hydrogen-bond donors (Lipinski definition) is 3. The Kier molecular flexibility index (Phi) is 8.80. The second-order valence-corrected chi connectivity index (χ2v) is 10.5. The van der Waals surface area contributed by atoms with E-state index in [4.69, 9.17) is 23.2 Å². The first-order valence-corrected chi connectivity index (χ1v) is 13.4. The standard InChI is InChI=1S/C29H24Cl2N4O2S/c1-17-6-5-7-21(14-17)34-25(36)16-38-29-23(15-32)27(22-8-3-4-9-24(22)31)26(18(2)33-29)28(37)35-20-12-10-19(30)11-13-20/h3-14,27,33H,16H2,1-2H3,(H,34,36)(H,35,37)/t27-/m1/s1. The molecule has 4 rings (SSSR count). The molecule has 0 bridgehead atoms. The van der Waals surface area contributed by atoms with Gasteiger partial charge in [0.1, 0.15) is 0 Å². The fourth-order valence-corrected chi connectivity index (χ4v) is 5.40. The van der Waals surface area contributed by atoms with Crippen molar-refractivity contribution in [3.63, 3.8) is 0 Å². The van der Waals surface area contributed by atoms with Gasteiger partial charge in [0.05, 0.1) is 28.3 Å². The average Bonchev–Trinajstić information content (AvgIpc) is 2.88. The number of benzene rings is 3. The van der Waals surface area contributed by atoms with Gasteiger partial charge in [-0.25, -0.2) is 0 Å². The minimum Gasteiger partial charge on any atom is -0.353 e. The molecule has 0 saturated heterocycles. The summed E-state index contributed by atoms with van der Waals surface area (Å²) < 4.78 is 0. The van der Waals surface area contributed by atoms with Crippen LogP contribution in [0.4, 0.5) is 11.4 Å². The van der Waals surface area contributed by atoms with Gasteiger partial charge >= 0.3 is 0 Å². The van der Waals surface area contributed by atoms with Crippen molar-refractivity contribution >= 4 is 58.2 Å². The molecule has 3 aromatic carbocycles. The van der Waals surface area contributed by atoms with Crippen LogP contribution in [-0.4, -0.2) is 17.6 Å². The number of nitrogens with zero attached hydrogens (tertiary/aromatic N) is 1. The van der Waals surface area contributed by atoms with Crippen molar-refractivity contribution in [3.05, 3.63) is 116 Å². The monoisotopic (exact) mass is 562 g/mol. The second-order valence-electron chi connectivity index (χ2n) is 8.64. The molecular formula is C29H24Cl2N4O2S. The Morgan fingerprint density at radius 2 is 1.71 bits per heavy atom. The van der Waals surface area contributed by atoms with Crippen LogP contribution in [0.1, 0.15) is 24.0 Å². The number of rotatable bonds is 7. The Bertz CT molecular complexity index is 1490. The Hall–Kier alpha value is -3.70. The van der Waals surface area contributed by atoms with E-state index in [-0.39, 0.29) is 17.6 Å². The van der Waals surface area contributed by atoms with Crippen LogP contribution in [0, 0.1) is 18.3 Å². The van der Waals surface area contributed by atoms with Crippen LogP contribution in [0.3, 0.4) is 0 Å². The first kappa shape index (κ1) is 27.3. The molecular weight excluding hydrogens is 539 g/mol. The van der Waals surface area contributed by atoms with Crippen molar-refractivity contribution in [3.8, 4) is 6.07 Å². The van der Waals surface area contributed by atoms with Gasteiger partial charge in [-0.3, -0.25) is 9.59 Å². The third kappa shape index (κ3) is 6.40. The van der Waals surface area contributed by atoms with Gasteiger partial charge in [-0.05, 0) is 67.4 Å². The van der Waals surface area contributed by atoms with Gasteiger partial charge in [0.2, 0.25) is 5.91 Å². The number of aryl methyl sites for hydroxylation is 1. The molecule has 0 fully saturated rings. The van der Waals surface area contributed by atoms with Crippen LogP contribution in [0.2, 0.25) is 10.0 Å². The van der Waals surface area contributed by atoms with Gasteiger partial charge in [-0.1, -0.05) is 65.3 Å². The van der Waals surface area contributed by atoms with Gasteiger partial charge in [-0.15, -0.1) is 0 Å². The van der Waals surface area contributed by atoms with E-state index in [0.717, 1.165) is 5.56 Å². The summed E-state index contributed by atoms with van der Waals surface area (Å²) in [5, 5.41) is 20.7. The molecule has 0 aliphatic carbocycles. The van der Waals surface area contributed by atoms with E-state index in [2.05, 4.69) is 22.0 Å². The highest BCUT2D eigenvalue weighted by atomic mass is 35.5. The van der Waals surface area contributed by atoms with Gasteiger partial charge in [0.25, 0.3) is 5.91 Å². The van der Waals surface area contributed by atoms with Crippen molar-refractivity contribution < 1.29 is 9.59 Å². The summed E-state index contributed by atoms with van der Waals surface area (Å²) in [6, 6.07) is 23.7. The van der Waals surface area contributed by atoms with Crippen LogP contribution < -0.4 is 16.0 Å². The number of nitriles is 1. The van der Waals surface area contributed by atoms with Crippen LogP contribution in [0.25, 0.3) is 0 Å². The number of carbonyl (C=O) groups is 2. The van der Waals surface area contributed by atoms with Crippen molar-refractivity contribution in [1.29, 1.82) is 5.26 Å². The Morgan fingerprint density at radius 1 is 0.974 bits per heavy atom. The molecule has 1 aliphatic heterocycles. The average molecular weight is 564 g/mol. The van der Waals surface area contributed by atoms with Gasteiger partial charge < -0.3 is 16.0 Å². The third-order valence-electron chi connectivity index (χ3n) is 5.86. The summed E-state index contributed by atoms with van der Waals surface area (Å²) in [5.41, 5.74) is 4.14. The fourth-order valence-electron chi connectivity index (χ4n) is 4.14. The maximum atomic E-state index is 13.5. The highest BCUT2D eigenvalue weighted by molar-refractivity contribution is 8.03. The summed E-state index contributed by atoms with van der Waals surface area (Å²) in [6.45, 7) is 3.72. The lowest BCUT2D eigenvalue weighted by Gasteiger charge is -2.30. The lowest BCUT2D eigenvalue weighted by atomic mass is 9.82. The number of nitrogens with one attached hydrogen (secondary N) is 3. The lowest BCUT2D eigenvalue weighted by molar-refractivity contribution is -0.114. The van der Waals surface area contributed by atoms with E-state index in [1.54, 1.807) is 49.4 Å². The highest BCUT2D eigenvalue weighted by Gasteiger charge is 2.36. The van der Waals surface area contributed by atoms with E-state index >= 15 is 0 Å². The molecule has 0 unspecified atom stereocenters. The first-order valence-electron chi connectivity index (χ1n) is 11.7. The molecule has 192 valence electrons. The summed E-state index contributed by atoms with van der Waals surface area (Å²) in [7, 11) is 0. The Morgan fingerprint density at radius 3 is 2.39 bits per heavy atom. The normalized spacial score (nSPS) is 15.0. The number of carbonyl (C=O) groups excluding carboxylic acids is 2. The summed E-state index contributed by atoms with van der Waals surface area (Å²) in [6.07, 6.45) is 0. The molecule has 1 aliphatic rings. The number of dihydropyridines is 1. The molecule has 1 heterocycles. The first-order chi connectivity index (χ1) is 18.3. The second kappa shape index (κ2) is 12.2. The minimum atomic E-state index is -0.732. The highest BCUT2D eigenvalue weighted by Crippen LogP contribution is 2.43. The Balaban J connectivity index is 1.64. The molecule has 2 amide bonds. The predicted molar refractivity (Wildman–Crippen MR) is 155 cm³/mol. The minimum absolute atomic E-state index is 0.0658. The topological polar surface area (TPSA) is 94.0 Å². The predicted octanol–water partition coefficient (Wildman–Crippen LogP) is 7.01. The summed E-state index contributed by atoms with van der Waals surface area (Å²) >= 11 is 13.7. The zero-order valence-corrected chi connectivity index (χ0v) is 23.0. The van der Waals surface area contributed by atoms with Crippen molar-refractivity contribution in [1.82, 2.24) is 5.32 Å². The van der Waals surface area contributed by atoms with E-state index in [9.17, 15) is 14.9 Å². The molecule has 9 heteroatoms.